The van der Waals surface area contributed by atoms with E-state index >= 15 is 0 Å². The van der Waals surface area contributed by atoms with Gasteiger partial charge in [-0.1, -0.05) is 37.6 Å². The molecule has 17 heavy (non-hydrogen) atoms. The Morgan fingerprint density at radius 2 is 2.18 bits per heavy atom. The Kier molecular flexibility index (Phi) is 6.34. The number of aliphatic hydroxyl groups excluding tert-OH is 1. The highest BCUT2D eigenvalue weighted by Gasteiger charge is 2.08. The fourth-order valence-corrected chi connectivity index (χ4v) is 1.66. The van der Waals surface area contributed by atoms with Gasteiger partial charge >= 0.3 is 0 Å². The van der Waals surface area contributed by atoms with Gasteiger partial charge < -0.3 is 15.2 Å². The van der Waals surface area contributed by atoms with Crippen LogP contribution in [-0.4, -0.2) is 24.4 Å². The minimum absolute atomic E-state index is 0.129. The minimum atomic E-state index is 0.129. The van der Waals surface area contributed by atoms with E-state index in [-0.39, 0.29) is 6.61 Å². The third kappa shape index (κ3) is 4.94. The maximum Gasteiger partial charge on any atom is 0.142 e. The van der Waals surface area contributed by atoms with E-state index < -0.39 is 0 Å². The lowest BCUT2D eigenvalue weighted by Crippen LogP contribution is -2.22. The van der Waals surface area contributed by atoms with Gasteiger partial charge in [-0.3, -0.25) is 0 Å². The third-order valence-corrected chi connectivity index (χ3v) is 2.60. The molecule has 1 aromatic rings. The molecule has 0 fully saturated rings. The molecule has 0 unspecified atom stereocenters. The van der Waals surface area contributed by atoms with E-state index in [9.17, 15) is 0 Å². The summed E-state index contributed by atoms with van der Waals surface area (Å²) in [6.07, 6.45) is 0.613. The van der Waals surface area contributed by atoms with E-state index in [1.54, 1.807) is 0 Å². The molecule has 1 aromatic carbocycles. The second kappa shape index (κ2) is 7.54. The predicted octanol–water partition coefficient (Wildman–Crippen LogP) is 2.60. The number of para-hydroxylation sites is 1. The van der Waals surface area contributed by atoms with Gasteiger partial charge in [-0.2, -0.15) is 0 Å². The number of aliphatic hydroxyl groups is 1. The molecule has 0 amide bonds. The second-order valence-electron chi connectivity index (χ2n) is 4.19. The van der Waals surface area contributed by atoms with Crippen LogP contribution in [0.5, 0.6) is 5.75 Å². The number of rotatable bonds is 7. The summed E-state index contributed by atoms with van der Waals surface area (Å²) < 4.78 is 5.61. The van der Waals surface area contributed by atoms with Crippen molar-refractivity contribution in [3.63, 3.8) is 0 Å². The van der Waals surface area contributed by atoms with Crippen molar-refractivity contribution in [1.29, 1.82) is 0 Å². The minimum Gasteiger partial charge on any atom is -0.492 e. The lowest BCUT2D eigenvalue weighted by Gasteiger charge is -2.14. The van der Waals surface area contributed by atoms with Crippen LogP contribution in [0.1, 0.15) is 25.8 Å². The first-order valence-corrected chi connectivity index (χ1v) is 6.27. The van der Waals surface area contributed by atoms with Crippen molar-refractivity contribution in [3.05, 3.63) is 28.8 Å². The fourth-order valence-electron chi connectivity index (χ4n) is 1.41. The number of hydrogen-bond acceptors (Lipinski definition) is 3. The lowest BCUT2D eigenvalue weighted by molar-refractivity contribution is 0.232. The summed E-state index contributed by atoms with van der Waals surface area (Å²) in [4.78, 5) is 0. The molecular weight excluding hydrogens is 238 g/mol. The van der Waals surface area contributed by atoms with Crippen LogP contribution in [0.4, 0.5) is 0 Å². The van der Waals surface area contributed by atoms with Crippen LogP contribution in [0.25, 0.3) is 0 Å². The molecule has 0 saturated heterocycles. The average Bonchev–Trinajstić information content (AvgIpc) is 2.29. The maximum atomic E-state index is 8.73. The molecule has 0 aliphatic rings. The Hall–Kier alpha value is -0.770. The van der Waals surface area contributed by atoms with Gasteiger partial charge in [-0.05, 0) is 6.07 Å². The summed E-state index contributed by atoms with van der Waals surface area (Å²) >= 11 is 6.11. The number of nitrogens with one attached hydrogen (secondary N) is 1. The van der Waals surface area contributed by atoms with Gasteiger partial charge in [0.15, 0.2) is 0 Å². The van der Waals surface area contributed by atoms with Crippen LogP contribution in [0.2, 0.25) is 5.02 Å². The van der Waals surface area contributed by atoms with E-state index in [4.69, 9.17) is 21.4 Å². The first-order valence-electron chi connectivity index (χ1n) is 5.89. The quantitative estimate of drug-likeness (QED) is 0.738. The summed E-state index contributed by atoms with van der Waals surface area (Å²) in [6, 6.07) is 6.14. The number of hydrogen-bond donors (Lipinski definition) is 2. The Morgan fingerprint density at radius 3 is 2.82 bits per heavy atom. The normalized spacial score (nSPS) is 10.9. The SMILES string of the molecule is CC(C)NCc1cccc(Cl)c1OCCCO. The smallest absolute Gasteiger partial charge is 0.142 e. The van der Waals surface area contributed by atoms with Gasteiger partial charge in [0.1, 0.15) is 5.75 Å². The van der Waals surface area contributed by atoms with E-state index in [2.05, 4.69) is 19.2 Å². The molecule has 0 aliphatic heterocycles. The van der Waals surface area contributed by atoms with Gasteiger partial charge in [0.05, 0.1) is 11.6 Å². The summed E-state index contributed by atoms with van der Waals surface area (Å²) in [5.74, 6) is 0.718. The molecule has 0 saturated carbocycles. The van der Waals surface area contributed by atoms with Crippen LogP contribution in [-0.2, 0) is 6.54 Å². The van der Waals surface area contributed by atoms with Crippen LogP contribution in [0.3, 0.4) is 0 Å². The molecule has 96 valence electrons. The largest absolute Gasteiger partial charge is 0.492 e. The topological polar surface area (TPSA) is 41.5 Å². The standard InChI is InChI=1S/C13H20ClNO2/c1-10(2)15-9-11-5-3-6-12(14)13(11)17-8-4-7-16/h3,5-6,10,15-16H,4,7-9H2,1-2H3. The molecule has 0 atom stereocenters. The molecule has 1 rings (SSSR count). The molecule has 0 aromatic heterocycles. The first kappa shape index (κ1) is 14.3. The van der Waals surface area contributed by atoms with Crippen molar-refractivity contribution in [2.45, 2.75) is 32.9 Å². The van der Waals surface area contributed by atoms with Crippen molar-refractivity contribution in [2.24, 2.45) is 0 Å². The highest BCUT2D eigenvalue weighted by atomic mass is 35.5. The van der Waals surface area contributed by atoms with E-state index in [1.807, 2.05) is 18.2 Å². The zero-order chi connectivity index (χ0) is 12.7. The van der Waals surface area contributed by atoms with Crippen molar-refractivity contribution in [2.75, 3.05) is 13.2 Å². The first-order chi connectivity index (χ1) is 8.15. The predicted molar refractivity (Wildman–Crippen MR) is 70.6 cm³/mol. The highest BCUT2D eigenvalue weighted by molar-refractivity contribution is 6.32. The molecule has 0 spiro atoms. The Balaban J connectivity index is 2.69. The molecule has 0 bridgehead atoms. The number of ether oxygens (including phenoxy) is 1. The van der Waals surface area contributed by atoms with Gasteiger partial charge in [-0.25, -0.2) is 0 Å². The molecule has 0 radical (unpaired) electrons. The zero-order valence-corrected chi connectivity index (χ0v) is 11.1. The summed E-state index contributed by atoms with van der Waals surface area (Å²) in [7, 11) is 0. The number of benzene rings is 1. The van der Waals surface area contributed by atoms with E-state index in [0.29, 0.717) is 24.1 Å². The Morgan fingerprint density at radius 1 is 1.41 bits per heavy atom. The summed E-state index contributed by atoms with van der Waals surface area (Å²) in [6.45, 7) is 5.53. The molecular formula is C13H20ClNO2. The summed E-state index contributed by atoms with van der Waals surface area (Å²) in [5.41, 5.74) is 1.05. The van der Waals surface area contributed by atoms with Gasteiger partial charge in [0.25, 0.3) is 0 Å². The maximum absolute atomic E-state index is 8.73. The molecule has 4 heteroatoms. The second-order valence-corrected chi connectivity index (χ2v) is 4.60. The van der Waals surface area contributed by atoms with Crippen molar-refractivity contribution in [3.8, 4) is 5.75 Å². The monoisotopic (exact) mass is 257 g/mol. The molecule has 0 heterocycles. The van der Waals surface area contributed by atoms with Crippen molar-refractivity contribution < 1.29 is 9.84 Å². The molecule has 0 aliphatic carbocycles. The number of halogens is 1. The van der Waals surface area contributed by atoms with Crippen LogP contribution >= 0.6 is 11.6 Å². The molecule has 2 N–H and O–H groups in total. The van der Waals surface area contributed by atoms with Gasteiger partial charge in [-0.15, -0.1) is 0 Å². The van der Waals surface area contributed by atoms with E-state index in [1.165, 1.54) is 0 Å². The van der Waals surface area contributed by atoms with Crippen molar-refractivity contribution >= 4 is 11.6 Å². The zero-order valence-electron chi connectivity index (χ0n) is 10.4. The Bertz CT molecular complexity index is 342. The van der Waals surface area contributed by atoms with Crippen LogP contribution in [0.15, 0.2) is 18.2 Å². The van der Waals surface area contributed by atoms with Crippen molar-refractivity contribution in [1.82, 2.24) is 5.32 Å². The Labute approximate surface area is 108 Å². The van der Waals surface area contributed by atoms with Gasteiger partial charge in [0, 0.05) is 31.2 Å². The average molecular weight is 258 g/mol. The van der Waals surface area contributed by atoms with Crippen LogP contribution in [0, 0.1) is 0 Å². The third-order valence-electron chi connectivity index (χ3n) is 2.30. The lowest BCUT2D eigenvalue weighted by atomic mass is 10.2. The van der Waals surface area contributed by atoms with Gasteiger partial charge in [0.2, 0.25) is 0 Å². The summed E-state index contributed by atoms with van der Waals surface area (Å²) in [5, 5.41) is 12.7. The molecule has 3 nitrogen and oxygen atoms in total. The van der Waals surface area contributed by atoms with Crippen LogP contribution < -0.4 is 10.1 Å². The van der Waals surface area contributed by atoms with E-state index in [0.717, 1.165) is 17.9 Å². The highest BCUT2D eigenvalue weighted by Crippen LogP contribution is 2.28. The fraction of sp³-hybridized carbons (Fsp3) is 0.538.